The Morgan fingerprint density at radius 2 is 2.15 bits per heavy atom. The molecular formula is C20H24N4O3. The Kier molecular flexibility index (Phi) is 6.38. The second kappa shape index (κ2) is 9.14. The second-order valence-corrected chi connectivity index (χ2v) is 6.53. The lowest BCUT2D eigenvalue weighted by atomic mass is 10.1. The van der Waals surface area contributed by atoms with Crippen molar-refractivity contribution in [3.05, 3.63) is 54.0 Å². The van der Waals surface area contributed by atoms with E-state index in [1.54, 1.807) is 19.5 Å². The molecule has 0 radical (unpaired) electrons. The lowest BCUT2D eigenvalue weighted by Crippen LogP contribution is -2.28. The zero-order valence-electron chi connectivity index (χ0n) is 15.3. The van der Waals surface area contributed by atoms with Crippen LogP contribution in [0.15, 0.2) is 42.7 Å². The number of anilines is 1. The second-order valence-electron chi connectivity index (χ2n) is 6.53. The van der Waals surface area contributed by atoms with Gasteiger partial charge in [0, 0.05) is 31.8 Å². The van der Waals surface area contributed by atoms with E-state index < -0.39 is 5.97 Å². The fourth-order valence-electron chi connectivity index (χ4n) is 3.10. The molecule has 7 heteroatoms. The summed E-state index contributed by atoms with van der Waals surface area (Å²) in [7, 11) is 1.68. The summed E-state index contributed by atoms with van der Waals surface area (Å²) >= 11 is 0. The van der Waals surface area contributed by atoms with Gasteiger partial charge in [-0.15, -0.1) is 0 Å². The number of rotatable bonds is 8. The van der Waals surface area contributed by atoms with Crippen molar-refractivity contribution < 1.29 is 14.6 Å². The molecule has 1 aliphatic rings. The first kappa shape index (κ1) is 18.8. The zero-order chi connectivity index (χ0) is 19.1. The van der Waals surface area contributed by atoms with Crippen LogP contribution in [0.5, 0.6) is 5.75 Å². The van der Waals surface area contributed by atoms with Gasteiger partial charge in [0.1, 0.15) is 11.6 Å². The van der Waals surface area contributed by atoms with Gasteiger partial charge in [-0.05, 0) is 36.6 Å². The van der Waals surface area contributed by atoms with Crippen molar-refractivity contribution in [2.75, 3.05) is 32.1 Å². The SMILES string of the molecule is COc1ccc(CCN2CC[C@@H](Nc3cnc(/C=C/C(=O)O)cn3)C2)cc1. The molecule has 1 aliphatic heterocycles. The number of hydrogen-bond donors (Lipinski definition) is 2. The number of carboxylic acid groups (broad SMARTS) is 1. The van der Waals surface area contributed by atoms with Crippen LogP contribution in [-0.2, 0) is 11.2 Å². The molecule has 0 unspecified atom stereocenters. The normalized spacial score (nSPS) is 17.3. The molecule has 0 saturated carbocycles. The van der Waals surface area contributed by atoms with Crippen LogP contribution < -0.4 is 10.1 Å². The van der Waals surface area contributed by atoms with Crippen molar-refractivity contribution in [3.8, 4) is 5.75 Å². The van der Waals surface area contributed by atoms with Gasteiger partial charge in [0.25, 0.3) is 0 Å². The van der Waals surface area contributed by atoms with Crippen molar-refractivity contribution >= 4 is 17.9 Å². The third-order valence-electron chi connectivity index (χ3n) is 4.57. The number of methoxy groups -OCH3 is 1. The predicted molar refractivity (Wildman–Crippen MR) is 104 cm³/mol. The smallest absolute Gasteiger partial charge is 0.328 e. The Hall–Kier alpha value is -2.93. The summed E-state index contributed by atoms with van der Waals surface area (Å²) in [5.74, 6) is 0.596. The van der Waals surface area contributed by atoms with E-state index in [-0.39, 0.29) is 0 Å². The Labute approximate surface area is 158 Å². The van der Waals surface area contributed by atoms with Gasteiger partial charge in [-0.25, -0.2) is 9.78 Å². The summed E-state index contributed by atoms with van der Waals surface area (Å²) in [4.78, 5) is 21.5. The Morgan fingerprint density at radius 1 is 1.33 bits per heavy atom. The number of benzene rings is 1. The summed E-state index contributed by atoms with van der Waals surface area (Å²) in [6.07, 6.45) is 7.76. The van der Waals surface area contributed by atoms with Crippen LogP contribution in [0, 0.1) is 0 Å². The Bertz CT molecular complexity index is 775. The van der Waals surface area contributed by atoms with Gasteiger partial charge in [0.05, 0.1) is 25.2 Å². The number of carboxylic acids is 1. The van der Waals surface area contributed by atoms with Gasteiger partial charge in [0.2, 0.25) is 0 Å². The van der Waals surface area contributed by atoms with Gasteiger partial charge >= 0.3 is 5.97 Å². The molecule has 1 fully saturated rings. The van der Waals surface area contributed by atoms with Crippen molar-refractivity contribution in [2.45, 2.75) is 18.9 Å². The van der Waals surface area contributed by atoms with Crippen LogP contribution in [0.2, 0.25) is 0 Å². The molecule has 1 aromatic heterocycles. The van der Waals surface area contributed by atoms with E-state index in [1.807, 2.05) is 12.1 Å². The summed E-state index contributed by atoms with van der Waals surface area (Å²) in [5, 5.41) is 12.0. The number of ether oxygens (including phenoxy) is 1. The molecule has 27 heavy (non-hydrogen) atoms. The standard InChI is InChI=1S/C20H24N4O3/c1-27-18-5-2-15(3-6-18)8-10-24-11-9-17(14-24)23-19-13-21-16(12-22-19)4-7-20(25)26/h2-7,12-13,17H,8-11,14H2,1H3,(H,22,23)(H,25,26)/b7-4+/t17-/m1/s1. The maximum Gasteiger partial charge on any atom is 0.328 e. The number of nitrogens with zero attached hydrogens (tertiary/aromatic N) is 3. The largest absolute Gasteiger partial charge is 0.497 e. The summed E-state index contributed by atoms with van der Waals surface area (Å²) in [5.41, 5.74) is 1.83. The van der Waals surface area contributed by atoms with Crippen LogP contribution in [0.3, 0.4) is 0 Å². The van der Waals surface area contributed by atoms with E-state index in [0.717, 1.165) is 44.3 Å². The van der Waals surface area contributed by atoms with Crippen molar-refractivity contribution in [3.63, 3.8) is 0 Å². The monoisotopic (exact) mass is 368 g/mol. The lowest BCUT2D eigenvalue weighted by molar-refractivity contribution is -0.131. The number of carbonyl (C=O) groups is 1. The third kappa shape index (κ3) is 5.79. The topological polar surface area (TPSA) is 87.6 Å². The molecule has 142 valence electrons. The summed E-state index contributed by atoms with van der Waals surface area (Å²) in [6, 6.07) is 8.56. The molecule has 1 saturated heterocycles. The molecule has 2 heterocycles. The van der Waals surface area contributed by atoms with Gasteiger partial charge in [0.15, 0.2) is 0 Å². The Morgan fingerprint density at radius 3 is 2.81 bits per heavy atom. The molecule has 3 rings (SSSR count). The average molecular weight is 368 g/mol. The minimum atomic E-state index is -1.00. The third-order valence-corrected chi connectivity index (χ3v) is 4.57. The first-order valence-corrected chi connectivity index (χ1v) is 8.97. The minimum absolute atomic E-state index is 0.343. The first-order chi connectivity index (χ1) is 13.1. The number of aliphatic carboxylic acids is 1. The quantitative estimate of drug-likeness (QED) is 0.691. The maximum atomic E-state index is 10.5. The molecule has 1 atom stereocenters. The summed E-state index contributed by atoms with van der Waals surface area (Å²) in [6.45, 7) is 3.05. The molecular weight excluding hydrogens is 344 g/mol. The Balaban J connectivity index is 1.44. The molecule has 0 aliphatic carbocycles. The molecule has 2 N–H and O–H groups in total. The molecule has 0 amide bonds. The number of hydrogen-bond acceptors (Lipinski definition) is 6. The minimum Gasteiger partial charge on any atom is -0.497 e. The fourth-order valence-corrected chi connectivity index (χ4v) is 3.10. The molecule has 0 bridgehead atoms. The van der Waals surface area contributed by atoms with E-state index in [9.17, 15) is 4.79 Å². The van der Waals surface area contributed by atoms with Gasteiger partial charge < -0.3 is 20.1 Å². The number of nitrogens with one attached hydrogen (secondary N) is 1. The summed E-state index contributed by atoms with van der Waals surface area (Å²) < 4.78 is 5.19. The van der Waals surface area contributed by atoms with Crippen LogP contribution >= 0.6 is 0 Å². The number of aromatic nitrogens is 2. The van der Waals surface area contributed by atoms with Crippen LogP contribution in [0.25, 0.3) is 6.08 Å². The van der Waals surface area contributed by atoms with Crippen molar-refractivity contribution in [2.24, 2.45) is 0 Å². The van der Waals surface area contributed by atoms with Crippen LogP contribution in [0.1, 0.15) is 17.7 Å². The van der Waals surface area contributed by atoms with Crippen LogP contribution in [0.4, 0.5) is 5.82 Å². The highest BCUT2D eigenvalue weighted by Gasteiger charge is 2.22. The van der Waals surface area contributed by atoms with Gasteiger partial charge in [-0.3, -0.25) is 4.98 Å². The molecule has 2 aromatic rings. The van der Waals surface area contributed by atoms with Gasteiger partial charge in [-0.2, -0.15) is 0 Å². The van der Waals surface area contributed by atoms with E-state index >= 15 is 0 Å². The highest BCUT2D eigenvalue weighted by Crippen LogP contribution is 2.16. The first-order valence-electron chi connectivity index (χ1n) is 8.97. The van der Waals surface area contributed by atoms with Crippen molar-refractivity contribution in [1.82, 2.24) is 14.9 Å². The van der Waals surface area contributed by atoms with Gasteiger partial charge in [-0.1, -0.05) is 12.1 Å². The van der Waals surface area contributed by atoms with Crippen LogP contribution in [-0.4, -0.2) is 58.7 Å². The molecule has 0 spiro atoms. The predicted octanol–water partition coefficient (Wildman–Crippen LogP) is 2.31. The van der Waals surface area contributed by atoms with E-state index in [4.69, 9.17) is 9.84 Å². The van der Waals surface area contributed by atoms with E-state index in [2.05, 4.69) is 32.3 Å². The van der Waals surface area contributed by atoms with E-state index in [1.165, 1.54) is 11.6 Å². The molecule has 1 aromatic carbocycles. The molecule has 7 nitrogen and oxygen atoms in total. The maximum absolute atomic E-state index is 10.5. The zero-order valence-corrected chi connectivity index (χ0v) is 15.3. The lowest BCUT2D eigenvalue weighted by Gasteiger charge is -2.17. The average Bonchev–Trinajstić information content (AvgIpc) is 3.13. The van der Waals surface area contributed by atoms with Crippen molar-refractivity contribution in [1.29, 1.82) is 0 Å². The van der Waals surface area contributed by atoms with E-state index in [0.29, 0.717) is 17.6 Å². The fraction of sp³-hybridized carbons (Fsp3) is 0.350. The highest BCUT2D eigenvalue weighted by atomic mass is 16.5. The highest BCUT2D eigenvalue weighted by molar-refractivity contribution is 5.84. The number of likely N-dealkylation sites (tertiary alicyclic amines) is 1.